The first-order chi connectivity index (χ1) is 13.3. The Kier molecular flexibility index (Phi) is 3.58. The molecule has 0 atom stereocenters. The zero-order chi connectivity index (χ0) is 18.4. The largest absolute Gasteiger partial charge is 0.276 e. The van der Waals surface area contributed by atoms with Crippen LogP contribution in [0.5, 0.6) is 0 Å². The van der Waals surface area contributed by atoms with Crippen molar-refractivity contribution in [3.63, 3.8) is 0 Å². The number of hydrogen-bond acceptors (Lipinski definition) is 1. The van der Waals surface area contributed by atoms with Gasteiger partial charge in [0.25, 0.3) is 5.91 Å². The molecule has 0 unspecified atom stereocenters. The maximum atomic E-state index is 13.4. The van der Waals surface area contributed by atoms with Gasteiger partial charge in [-0.3, -0.25) is 9.69 Å². The Bertz CT molecular complexity index is 1160. The van der Waals surface area contributed by atoms with E-state index >= 15 is 0 Å². The van der Waals surface area contributed by atoms with E-state index < -0.39 is 0 Å². The number of hydrogen-bond donors (Lipinski definition) is 0. The van der Waals surface area contributed by atoms with Crippen LogP contribution in [0.1, 0.15) is 22.8 Å². The van der Waals surface area contributed by atoms with E-state index in [4.69, 9.17) is 0 Å². The summed E-state index contributed by atoms with van der Waals surface area (Å²) in [5, 5.41) is 2.25. The minimum Gasteiger partial charge on any atom is -0.276 e. The highest BCUT2D eigenvalue weighted by Gasteiger charge is 2.32. The zero-order valence-corrected chi connectivity index (χ0v) is 15.1. The van der Waals surface area contributed by atoms with Gasteiger partial charge in [-0.15, -0.1) is 0 Å². The molecule has 0 radical (unpaired) electrons. The molecule has 1 aliphatic rings. The third-order valence-electron chi connectivity index (χ3n) is 5.38. The lowest BCUT2D eigenvalue weighted by Crippen LogP contribution is -2.20. The summed E-state index contributed by atoms with van der Waals surface area (Å²) in [5.74, 6) is 0.0484. The maximum absolute atomic E-state index is 13.4. The van der Waals surface area contributed by atoms with E-state index in [1.54, 1.807) is 0 Å². The Morgan fingerprint density at radius 2 is 1.48 bits per heavy atom. The highest BCUT2D eigenvalue weighted by atomic mass is 16.2. The summed E-state index contributed by atoms with van der Waals surface area (Å²) in [6, 6.07) is 28.6. The summed E-state index contributed by atoms with van der Waals surface area (Å²) in [5.41, 5.74) is 6.29. The number of benzene rings is 4. The van der Waals surface area contributed by atoms with E-state index in [-0.39, 0.29) is 5.91 Å². The first-order valence-electron chi connectivity index (χ1n) is 9.33. The fraction of sp³-hybridized carbons (Fsp3) is 0.0800. The molecule has 0 N–H and O–H groups in total. The summed E-state index contributed by atoms with van der Waals surface area (Å²) in [7, 11) is 0. The molecule has 0 spiro atoms. The van der Waals surface area contributed by atoms with Gasteiger partial charge < -0.3 is 0 Å². The van der Waals surface area contributed by atoms with Crippen molar-refractivity contribution >= 4 is 28.1 Å². The number of carbonyl (C=O) groups excluding carboxylic acids is 1. The van der Waals surface area contributed by atoms with Crippen molar-refractivity contribution in [2.45, 2.75) is 13.3 Å². The van der Waals surface area contributed by atoms with Crippen LogP contribution in [0, 0.1) is 0 Å². The summed E-state index contributed by atoms with van der Waals surface area (Å²) in [4.78, 5) is 15.2. The summed E-state index contributed by atoms with van der Waals surface area (Å²) >= 11 is 0. The quantitative estimate of drug-likeness (QED) is 0.421. The van der Waals surface area contributed by atoms with Crippen molar-refractivity contribution in [2.75, 3.05) is 4.90 Å². The first kappa shape index (κ1) is 15.8. The van der Waals surface area contributed by atoms with Gasteiger partial charge in [0, 0.05) is 11.1 Å². The molecule has 0 fully saturated rings. The number of rotatable bonds is 3. The number of carbonyl (C=O) groups is 1. The molecule has 1 heterocycles. The van der Waals surface area contributed by atoms with E-state index in [1.165, 1.54) is 10.9 Å². The van der Waals surface area contributed by atoms with Crippen molar-refractivity contribution in [1.82, 2.24) is 0 Å². The first-order valence-corrected chi connectivity index (χ1v) is 9.33. The van der Waals surface area contributed by atoms with Crippen molar-refractivity contribution in [2.24, 2.45) is 0 Å². The van der Waals surface area contributed by atoms with Crippen LogP contribution in [0.4, 0.5) is 11.4 Å². The standard InChI is InChI=1S/C25H19NO/c1-2-19-20-14-9-15-23-24(20)22(16-21(19)17-10-5-3-6-11-17)25(27)26(23)18-12-7-4-8-13-18/h3-16H,2H2,1H3. The Morgan fingerprint density at radius 1 is 0.778 bits per heavy atom. The van der Waals surface area contributed by atoms with Gasteiger partial charge in [-0.05, 0) is 52.8 Å². The molecular weight excluding hydrogens is 330 g/mol. The molecule has 0 saturated heterocycles. The molecule has 0 bridgehead atoms. The monoisotopic (exact) mass is 349 g/mol. The maximum Gasteiger partial charge on any atom is 0.263 e. The zero-order valence-electron chi connectivity index (χ0n) is 15.1. The van der Waals surface area contributed by atoms with Crippen molar-refractivity contribution < 1.29 is 4.79 Å². The molecule has 1 aliphatic heterocycles. The molecule has 2 nitrogen and oxygen atoms in total. The number of anilines is 2. The molecule has 27 heavy (non-hydrogen) atoms. The predicted octanol–water partition coefficient (Wildman–Crippen LogP) is 6.36. The third kappa shape index (κ3) is 2.30. The number of aryl methyl sites for hydroxylation is 1. The molecule has 0 saturated carbocycles. The van der Waals surface area contributed by atoms with Crippen molar-refractivity contribution in [3.8, 4) is 11.1 Å². The molecule has 5 rings (SSSR count). The highest BCUT2D eigenvalue weighted by Crippen LogP contribution is 2.45. The minimum atomic E-state index is 0.0484. The average molecular weight is 349 g/mol. The molecule has 4 aromatic carbocycles. The van der Waals surface area contributed by atoms with Crippen molar-refractivity contribution in [1.29, 1.82) is 0 Å². The van der Waals surface area contributed by atoms with Crippen LogP contribution in [0.3, 0.4) is 0 Å². The van der Waals surface area contributed by atoms with Crippen LogP contribution in [-0.4, -0.2) is 5.91 Å². The van der Waals surface area contributed by atoms with E-state index in [1.807, 2.05) is 59.5 Å². The highest BCUT2D eigenvalue weighted by molar-refractivity contribution is 6.29. The molecule has 130 valence electrons. The van der Waals surface area contributed by atoms with Gasteiger partial charge in [0.1, 0.15) is 0 Å². The van der Waals surface area contributed by atoms with Crippen molar-refractivity contribution in [3.05, 3.63) is 96.1 Å². The van der Waals surface area contributed by atoms with Gasteiger partial charge in [0.15, 0.2) is 0 Å². The van der Waals surface area contributed by atoms with Crippen LogP contribution < -0.4 is 4.90 Å². The lowest BCUT2D eigenvalue weighted by molar-refractivity contribution is 0.100. The summed E-state index contributed by atoms with van der Waals surface area (Å²) < 4.78 is 0. The van der Waals surface area contributed by atoms with Gasteiger partial charge in [0.05, 0.1) is 11.3 Å². The third-order valence-corrected chi connectivity index (χ3v) is 5.38. The van der Waals surface area contributed by atoms with Gasteiger partial charge in [-0.25, -0.2) is 0 Å². The molecule has 4 aromatic rings. The number of nitrogens with zero attached hydrogens (tertiary/aromatic N) is 1. The minimum absolute atomic E-state index is 0.0484. The molecule has 1 amide bonds. The fourth-order valence-electron chi connectivity index (χ4n) is 4.20. The number of para-hydroxylation sites is 1. The normalized spacial score (nSPS) is 12.8. The molecule has 2 heteroatoms. The molecule has 0 aliphatic carbocycles. The smallest absolute Gasteiger partial charge is 0.263 e. The topological polar surface area (TPSA) is 20.3 Å². The van der Waals surface area contributed by atoms with Gasteiger partial charge >= 0.3 is 0 Å². The second kappa shape index (κ2) is 6.10. The lowest BCUT2D eigenvalue weighted by Gasteiger charge is -2.17. The van der Waals surface area contributed by atoms with Gasteiger partial charge in [0.2, 0.25) is 0 Å². The molecular formula is C25H19NO. The predicted molar refractivity (Wildman–Crippen MR) is 112 cm³/mol. The van der Waals surface area contributed by atoms with E-state index in [2.05, 4.69) is 37.3 Å². The summed E-state index contributed by atoms with van der Waals surface area (Å²) in [6.45, 7) is 2.18. The van der Waals surface area contributed by atoms with Gasteiger partial charge in [-0.1, -0.05) is 67.6 Å². The van der Waals surface area contributed by atoms with Gasteiger partial charge in [-0.2, -0.15) is 0 Å². The van der Waals surface area contributed by atoms with Crippen LogP contribution in [0.15, 0.2) is 84.9 Å². The average Bonchev–Trinajstić information content (AvgIpc) is 3.02. The second-order valence-corrected chi connectivity index (χ2v) is 6.85. The lowest BCUT2D eigenvalue weighted by atomic mass is 9.90. The Morgan fingerprint density at radius 3 is 2.19 bits per heavy atom. The van der Waals surface area contributed by atoms with Crippen LogP contribution in [-0.2, 0) is 6.42 Å². The number of amides is 1. The van der Waals surface area contributed by atoms with Crippen LogP contribution in [0.2, 0.25) is 0 Å². The Balaban J connectivity index is 1.83. The van der Waals surface area contributed by atoms with E-state index in [9.17, 15) is 4.79 Å². The van der Waals surface area contributed by atoms with E-state index in [0.717, 1.165) is 39.9 Å². The SMILES string of the molecule is CCc1c(-c2ccccc2)cc2c3c(cccc13)N(c1ccccc1)C2=O. The Labute approximate surface area is 158 Å². The van der Waals surface area contributed by atoms with Crippen LogP contribution >= 0.6 is 0 Å². The fourth-order valence-corrected chi connectivity index (χ4v) is 4.20. The van der Waals surface area contributed by atoms with E-state index in [0.29, 0.717) is 0 Å². The summed E-state index contributed by atoms with van der Waals surface area (Å²) in [6.07, 6.45) is 0.921. The molecule has 0 aromatic heterocycles. The Hall–Kier alpha value is -3.39. The van der Waals surface area contributed by atoms with Crippen LogP contribution in [0.25, 0.3) is 21.9 Å². The second-order valence-electron chi connectivity index (χ2n) is 6.85.